The number of aromatic nitrogens is 4. The number of halogens is 2. The zero-order valence-electron chi connectivity index (χ0n) is 13.6. The van der Waals surface area contributed by atoms with E-state index in [0.29, 0.717) is 31.3 Å². The lowest BCUT2D eigenvalue weighted by atomic mass is 10.2. The van der Waals surface area contributed by atoms with Crippen LogP contribution in [0.25, 0.3) is 0 Å². The van der Waals surface area contributed by atoms with E-state index in [1.807, 2.05) is 4.90 Å². The predicted octanol–water partition coefficient (Wildman–Crippen LogP) is 1.62. The number of aromatic amines is 1. The molecule has 2 N–H and O–H groups in total. The first-order valence-electron chi connectivity index (χ1n) is 7.63. The molecule has 0 bridgehead atoms. The summed E-state index contributed by atoms with van der Waals surface area (Å²) in [7, 11) is 0. The Hall–Kier alpha value is -2.42. The maximum atomic E-state index is 13.2. The number of hydrogen-bond donors (Lipinski definition) is 2. The molecule has 0 fully saturated rings. The van der Waals surface area contributed by atoms with E-state index in [1.54, 1.807) is 0 Å². The molecule has 1 heterocycles. The number of hydrogen-bond acceptors (Lipinski definition) is 5. The Labute approximate surface area is 138 Å². The summed E-state index contributed by atoms with van der Waals surface area (Å²) in [5, 5.41) is 16.2. The quantitative estimate of drug-likeness (QED) is 0.764. The molecule has 1 aromatic carbocycles. The number of tetrazole rings is 1. The van der Waals surface area contributed by atoms with Gasteiger partial charge in [-0.15, -0.1) is 10.2 Å². The van der Waals surface area contributed by atoms with E-state index in [4.69, 9.17) is 0 Å². The highest BCUT2D eigenvalue weighted by atomic mass is 19.2. The number of nitrogens with zero attached hydrogens (tertiary/aromatic N) is 4. The Bertz CT molecular complexity index is 662. The van der Waals surface area contributed by atoms with Crippen molar-refractivity contribution in [1.82, 2.24) is 25.5 Å². The maximum Gasteiger partial charge on any atom is 0.238 e. The van der Waals surface area contributed by atoms with Crippen molar-refractivity contribution in [2.75, 3.05) is 25.0 Å². The molecule has 0 aliphatic heterocycles. The van der Waals surface area contributed by atoms with Crippen LogP contribution in [-0.2, 0) is 11.2 Å². The second kappa shape index (κ2) is 8.44. The number of rotatable bonds is 8. The number of H-pyrrole nitrogens is 1. The van der Waals surface area contributed by atoms with Crippen molar-refractivity contribution in [1.29, 1.82) is 0 Å². The van der Waals surface area contributed by atoms with Crippen molar-refractivity contribution < 1.29 is 13.6 Å². The molecule has 0 saturated heterocycles. The summed E-state index contributed by atoms with van der Waals surface area (Å²) in [5.41, 5.74) is 0.224. The van der Waals surface area contributed by atoms with Crippen molar-refractivity contribution in [2.24, 2.45) is 5.92 Å². The molecule has 9 heteroatoms. The molecular weight excluding hydrogens is 318 g/mol. The van der Waals surface area contributed by atoms with Crippen LogP contribution in [0.1, 0.15) is 19.7 Å². The normalized spacial score (nSPS) is 11.2. The third kappa shape index (κ3) is 5.65. The van der Waals surface area contributed by atoms with Crippen molar-refractivity contribution in [3.05, 3.63) is 35.7 Å². The highest BCUT2D eigenvalue weighted by Gasteiger charge is 2.14. The standard InChI is InChI=1S/C15H20F2N6O/c1-10(2)8-23(6-5-14-19-21-22-20-14)9-15(24)18-11-3-4-12(16)13(17)7-11/h3-4,7,10H,5-6,8-9H2,1-2H3,(H,18,24)(H,19,20,21,22). The zero-order chi connectivity index (χ0) is 17.5. The lowest BCUT2D eigenvalue weighted by Crippen LogP contribution is -2.37. The Morgan fingerprint density at radius 3 is 2.75 bits per heavy atom. The first-order valence-corrected chi connectivity index (χ1v) is 7.63. The molecule has 0 aliphatic rings. The van der Waals surface area contributed by atoms with Crippen LogP contribution < -0.4 is 5.32 Å². The van der Waals surface area contributed by atoms with Crippen molar-refractivity contribution in [3.63, 3.8) is 0 Å². The van der Waals surface area contributed by atoms with Crippen molar-refractivity contribution >= 4 is 11.6 Å². The molecule has 2 rings (SSSR count). The molecular formula is C15H20F2N6O. The van der Waals surface area contributed by atoms with Gasteiger partial charge < -0.3 is 5.32 Å². The van der Waals surface area contributed by atoms with Gasteiger partial charge in [-0.25, -0.2) is 8.78 Å². The first-order chi connectivity index (χ1) is 11.4. The molecule has 7 nitrogen and oxygen atoms in total. The second-order valence-corrected chi connectivity index (χ2v) is 5.88. The van der Waals surface area contributed by atoms with E-state index in [-0.39, 0.29) is 18.1 Å². The third-order valence-corrected chi connectivity index (χ3v) is 3.23. The average Bonchev–Trinajstić information content (AvgIpc) is 3.01. The summed E-state index contributed by atoms with van der Waals surface area (Å²) in [5.74, 6) is -1.30. The fraction of sp³-hybridized carbons (Fsp3) is 0.467. The Morgan fingerprint density at radius 1 is 1.33 bits per heavy atom. The summed E-state index contributed by atoms with van der Waals surface area (Å²) in [6, 6.07) is 3.26. The van der Waals surface area contributed by atoms with Gasteiger partial charge in [0.15, 0.2) is 17.5 Å². The van der Waals surface area contributed by atoms with Gasteiger partial charge in [0.05, 0.1) is 6.54 Å². The summed E-state index contributed by atoms with van der Waals surface area (Å²) < 4.78 is 26.1. The number of amides is 1. The molecule has 0 saturated carbocycles. The van der Waals surface area contributed by atoms with E-state index in [0.717, 1.165) is 12.1 Å². The molecule has 0 radical (unpaired) electrons. The first kappa shape index (κ1) is 17.9. The van der Waals surface area contributed by atoms with E-state index < -0.39 is 11.6 Å². The molecule has 1 amide bonds. The van der Waals surface area contributed by atoms with Crippen LogP contribution in [-0.4, -0.2) is 51.1 Å². The van der Waals surface area contributed by atoms with Gasteiger partial charge in [0.2, 0.25) is 5.91 Å². The lowest BCUT2D eigenvalue weighted by molar-refractivity contribution is -0.117. The van der Waals surface area contributed by atoms with Gasteiger partial charge in [-0.3, -0.25) is 9.69 Å². The van der Waals surface area contributed by atoms with E-state index in [1.165, 1.54) is 6.07 Å². The van der Waals surface area contributed by atoms with Gasteiger partial charge in [0.1, 0.15) is 0 Å². The highest BCUT2D eigenvalue weighted by Crippen LogP contribution is 2.13. The van der Waals surface area contributed by atoms with Crippen LogP contribution in [0.4, 0.5) is 14.5 Å². The van der Waals surface area contributed by atoms with Gasteiger partial charge in [-0.05, 0) is 18.1 Å². The summed E-state index contributed by atoms with van der Waals surface area (Å²) in [4.78, 5) is 14.1. The predicted molar refractivity (Wildman–Crippen MR) is 84.1 cm³/mol. The highest BCUT2D eigenvalue weighted by molar-refractivity contribution is 5.92. The van der Waals surface area contributed by atoms with Crippen LogP contribution in [0.2, 0.25) is 0 Å². The van der Waals surface area contributed by atoms with Crippen LogP contribution in [0.15, 0.2) is 18.2 Å². The number of carbonyl (C=O) groups is 1. The molecule has 0 aliphatic carbocycles. The van der Waals surface area contributed by atoms with Crippen molar-refractivity contribution in [3.8, 4) is 0 Å². The van der Waals surface area contributed by atoms with E-state index in [2.05, 4.69) is 39.8 Å². The molecule has 0 spiro atoms. The van der Waals surface area contributed by atoms with Crippen molar-refractivity contribution in [2.45, 2.75) is 20.3 Å². The molecule has 24 heavy (non-hydrogen) atoms. The number of nitrogens with one attached hydrogen (secondary N) is 2. The molecule has 130 valence electrons. The van der Waals surface area contributed by atoms with Gasteiger partial charge in [0, 0.05) is 31.3 Å². The molecule has 0 atom stereocenters. The second-order valence-electron chi connectivity index (χ2n) is 5.88. The molecule has 2 aromatic rings. The van der Waals surface area contributed by atoms with Gasteiger partial charge in [0.25, 0.3) is 0 Å². The lowest BCUT2D eigenvalue weighted by Gasteiger charge is -2.23. The molecule has 0 unspecified atom stereocenters. The van der Waals surface area contributed by atoms with Crippen LogP contribution in [0.5, 0.6) is 0 Å². The minimum atomic E-state index is -0.996. The smallest absolute Gasteiger partial charge is 0.238 e. The van der Waals surface area contributed by atoms with Gasteiger partial charge in [-0.2, -0.15) is 5.21 Å². The Morgan fingerprint density at radius 2 is 2.12 bits per heavy atom. The largest absolute Gasteiger partial charge is 0.325 e. The number of carbonyl (C=O) groups excluding carboxylic acids is 1. The SMILES string of the molecule is CC(C)CN(CCc1nn[nH]n1)CC(=O)Nc1ccc(F)c(F)c1. The van der Waals surface area contributed by atoms with Crippen LogP contribution in [0.3, 0.4) is 0 Å². The van der Waals surface area contributed by atoms with Gasteiger partial charge >= 0.3 is 0 Å². The van der Waals surface area contributed by atoms with Crippen LogP contribution >= 0.6 is 0 Å². The average molecular weight is 338 g/mol. The molecule has 1 aromatic heterocycles. The van der Waals surface area contributed by atoms with Crippen LogP contribution in [0, 0.1) is 17.6 Å². The third-order valence-electron chi connectivity index (χ3n) is 3.23. The summed E-state index contributed by atoms with van der Waals surface area (Å²) in [6.07, 6.45) is 0.557. The summed E-state index contributed by atoms with van der Waals surface area (Å²) in [6.45, 7) is 5.53. The fourth-order valence-electron chi connectivity index (χ4n) is 2.28. The van der Waals surface area contributed by atoms with E-state index >= 15 is 0 Å². The number of benzene rings is 1. The fourth-order valence-corrected chi connectivity index (χ4v) is 2.28. The zero-order valence-corrected chi connectivity index (χ0v) is 13.6. The monoisotopic (exact) mass is 338 g/mol. The van der Waals surface area contributed by atoms with E-state index in [9.17, 15) is 13.6 Å². The van der Waals surface area contributed by atoms with Gasteiger partial charge in [-0.1, -0.05) is 19.1 Å². The number of anilines is 1. The Balaban J connectivity index is 1.91. The maximum absolute atomic E-state index is 13.2. The topological polar surface area (TPSA) is 86.8 Å². The minimum absolute atomic E-state index is 0.134. The summed E-state index contributed by atoms with van der Waals surface area (Å²) >= 11 is 0. The minimum Gasteiger partial charge on any atom is -0.325 e. The Kier molecular flexibility index (Phi) is 6.30.